The van der Waals surface area contributed by atoms with E-state index in [0.29, 0.717) is 12.2 Å². The molecule has 0 amide bonds. The molecule has 0 unspecified atom stereocenters. The van der Waals surface area contributed by atoms with E-state index in [1.165, 1.54) is 0 Å². The van der Waals surface area contributed by atoms with Gasteiger partial charge in [-0.05, 0) is 36.1 Å². The van der Waals surface area contributed by atoms with Crippen LogP contribution in [-0.4, -0.2) is 26.7 Å². The monoisotopic (exact) mass is 304 g/mol. The zero-order valence-electron chi connectivity index (χ0n) is 11.5. The molecule has 7 heteroatoms. The molecule has 0 aliphatic carbocycles. The van der Waals surface area contributed by atoms with Crippen molar-refractivity contribution in [1.29, 1.82) is 5.26 Å². The van der Waals surface area contributed by atoms with Crippen LogP contribution in [0.15, 0.2) is 30.5 Å². The summed E-state index contributed by atoms with van der Waals surface area (Å²) in [4.78, 5) is 4.03. The lowest BCUT2D eigenvalue weighted by Crippen LogP contribution is -2.31. The van der Waals surface area contributed by atoms with Gasteiger partial charge in [-0.2, -0.15) is 9.98 Å². The summed E-state index contributed by atoms with van der Waals surface area (Å²) in [5.74, 6) is 0. The summed E-state index contributed by atoms with van der Waals surface area (Å²) in [6, 6.07) is 9.38. The minimum atomic E-state index is -2.98. The van der Waals surface area contributed by atoms with Gasteiger partial charge in [0.15, 0.2) is 0 Å². The smallest absolute Gasteiger partial charge is 0.148 e. The summed E-state index contributed by atoms with van der Waals surface area (Å²) in [6.45, 7) is 2.55. The zero-order chi connectivity index (χ0) is 15.0. The van der Waals surface area contributed by atoms with Crippen molar-refractivity contribution in [2.75, 3.05) is 10.8 Å². The van der Waals surface area contributed by atoms with E-state index in [2.05, 4.69) is 15.8 Å². The summed E-state index contributed by atoms with van der Waals surface area (Å²) in [6.07, 6.45) is 2.39. The molecule has 1 aromatic heterocycles. The van der Waals surface area contributed by atoms with Gasteiger partial charge in [-0.25, -0.2) is 4.98 Å². The molecule has 1 aliphatic heterocycles. The number of rotatable bonds is 2. The largest absolute Gasteiger partial charge is 0.269 e. The Labute approximate surface area is 124 Å². The number of pyridine rings is 1. The van der Waals surface area contributed by atoms with Crippen LogP contribution in [0.5, 0.6) is 0 Å². The number of anilines is 1. The van der Waals surface area contributed by atoms with E-state index in [1.807, 2.05) is 19.1 Å². The van der Waals surface area contributed by atoms with Crippen molar-refractivity contribution in [3.63, 3.8) is 0 Å². The van der Waals surface area contributed by atoms with Gasteiger partial charge in [0, 0.05) is 18.1 Å². The fourth-order valence-electron chi connectivity index (χ4n) is 2.63. The van der Waals surface area contributed by atoms with Crippen molar-refractivity contribution >= 4 is 27.4 Å². The van der Waals surface area contributed by atoms with E-state index in [1.54, 1.807) is 22.6 Å². The van der Waals surface area contributed by atoms with Gasteiger partial charge in [0.05, 0.1) is 11.7 Å². The predicted octanol–water partition coefficient (Wildman–Crippen LogP) is 2.88. The Bertz CT molecular complexity index is 728. The normalized spacial score (nSPS) is 22.2. The predicted molar refractivity (Wildman–Crippen MR) is 83.9 cm³/mol. The molecular formula is C14H16N4O2S. The minimum absolute atomic E-state index is 0.0322. The van der Waals surface area contributed by atoms with E-state index in [0.717, 1.165) is 22.9 Å². The molecule has 21 heavy (non-hydrogen) atoms. The maximum Gasteiger partial charge on any atom is 0.148 e. The van der Waals surface area contributed by atoms with E-state index < -0.39 is 11.0 Å². The second-order valence-corrected chi connectivity index (χ2v) is 6.65. The summed E-state index contributed by atoms with van der Waals surface area (Å²) >= 11 is 0. The summed E-state index contributed by atoms with van der Waals surface area (Å²) in [5.41, 5.74) is 1.10. The molecular weight excluding hydrogens is 288 g/mol. The molecule has 0 bridgehead atoms. The Morgan fingerprint density at radius 3 is 3.00 bits per heavy atom. The van der Waals surface area contributed by atoms with Crippen molar-refractivity contribution in [2.24, 2.45) is 0 Å². The molecule has 1 atom stereocenters. The molecule has 2 heterocycles. The Hall–Kier alpha value is -1.85. The average molecular weight is 304 g/mol. The van der Waals surface area contributed by atoms with Gasteiger partial charge in [-0.3, -0.25) is 13.4 Å². The number of hydrogen-bond acceptors (Lipinski definition) is 6. The van der Waals surface area contributed by atoms with Gasteiger partial charge in [0.1, 0.15) is 11.8 Å². The van der Waals surface area contributed by atoms with Crippen LogP contribution in [0, 0.1) is 11.3 Å². The SMILES string of the molecule is CC[C@H]1CNS(O)(O)N1c1ccc2c(C#N)nccc2c1. The van der Waals surface area contributed by atoms with Crippen LogP contribution in [0.3, 0.4) is 0 Å². The molecule has 0 spiro atoms. The highest BCUT2D eigenvalue weighted by atomic mass is 32.3. The molecule has 1 fully saturated rings. The van der Waals surface area contributed by atoms with Crippen molar-refractivity contribution in [2.45, 2.75) is 19.4 Å². The van der Waals surface area contributed by atoms with Crippen LogP contribution in [0.4, 0.5) is 5.69 Å². The highest BCUT2D eigenvalue weighted by Gasteiger charge is 2.36. The number of fused-ring (bicyclic) bond motifs is 1. The van der Waals surface area contributed by atoms with E-state index in [9.17, 15) is 9.11 Å². The quantitative estimate of drug-likeness (QED) is 0.790. The third-order valence-electron chi connectivity index (χ3n) is 3.70. The number of aromatic nitrogens is 1. The molecule has 1 aromatic carbocycles. The van der Waals surface area contributed by atoms with Crippen LogP contribution in [0.25, 0.3) is 10.8 Å². The molecule has 110 valence electrons. The van der Waals surface area contributed by atoms with Gasteiger partial charge < -0.3 is 0 Å². The van der Waals surface area contributed by atoms with Crippen molar-refractivity contribution in [1.82, 2.24) is 9.71 Å². The van der Waals surface area contributed by atoms with Crippen LogP contribution in [0.2, 0.25) is 0 Å². The second-order valence-electron chi connectivity index (χ2n) is 4.93. The first kappa shape index (κ1) is 14.1. The van der Waals surface area contributed by atoms with Crippen molar-refractivity contribution in [3.8, 4) is 6.07 Å². The van der Waals surface area contributed by atoms with Gasteiger partial charge >= 0.3 is 0 Å². The average Bonchev–Trinajstić information content (AvgIpc) is 2.80. The van der Waals surface area contributed by atoms with Gasteiger partial charge in [0.25, 0.3) is 0 Å². The molecule has 2 aromatic rings. The summed E-state index contributed by atoms with van der Waals surface area (Å²) in [5, 5.41) is 10.7. The lowest BCUT2D eigenvalue weighted by molar-refractivity contribution is 0.479. The molecule has 0 saturated carbocycles. The van der Waals surface area contributed by atoms with Crippen LogP contribution in [0.1, 0.15) is 19.0 Å². The molecule has 1 aliphatic rings. The number of benzene rings is 1. The number of hydrogen-bond donors (Lipinski definition) is 3. The zero-order valence-corrected chi connectivity index (χ0v) is 12.3. The van der Waals surface area contributed by atoms with Crippen molar-refractivity contribution < 1.29 is 9.11 Å². The Morgan fingerprint density at radius 2 is 2.29 bits per heavy atom. The summed E-state index contributed by atoms with van der Waals surface area (Å²) < 4.78 is 24.8. The van der Waals surface area contributed by atoms with Gasteiger partial charge in [-0.15, -0.1) is 0 Å². The summed E-state index contributed by atoms with van der Waals surface area (Å²) in [7, 11) is -2.98. The lowest BCUT2D eigenvalue weighted by atomic mass is 10.1. The van der Waals surface area contributed by atoms with E-state index >= 15 is 0 Å². The fourth-order valence-corrected chi connectivity index (χ4v) is 4.23. The standard InChI is InChI=1S/C14H16N4O2S/c1-2-11-9-17-21(19,20)18(11)12-3-4-13-10(7-12)5-6-16-14(13)8-15/h3-7,11,17,19-20H,2,9H2,1H3/t11-/m0/s1. The second kappa shape index (κ2) is 5.16. The first-order chi connectivity index (χ1) is 10.1. The third-order valence-corrected chi connectivity index (χ3v) is 5.31. The number of nitrogens with zero attached hydrogens (tertiary/aromatic N) is 3. The first-order valence-electron chi connectivity index (χ1n) is 6.68. The minimum Gasteiger partial charge on any atom is -0.269 e. The molecule has 1 saturated heterocycles. The third kappa shape index (κ3) is 2.32. The fraction of sp³-hybridized carbons (Fsp3) is 0.286. The molecule has 0 radical (unpaired) electrons. The Morgan fingerprint density at radius 1 is 1.48 bits per heavy atom. The van der Waals surface area contributed by atoms with Crippen LogP contribution < -0.4 is 9.03 Å². The maximum atomic E-state index is 10.2. The topological polar surface area (TPSA) is 92.4 Å². The molecule has 3 rings (SSSR count). The molecule has 3 N–H and O–H groups in total. The highest BCUT2D eigenvalue weighted by Crippen LogP contribution is 2.49. The van der Waals surface area contributed by atoms with E-state index in [4.69, 9.17) is 5.26 Å². The van der Waals surface area contributed by atoms with Crippen molar-refractivity contribution in [3.05, 3.63) is 36.2 Å². The van der Waals surface area contributed by atoms with Gasteiger partial charge in [0.2, 0.25) is 0 Å². The van der Waals surface area contributed by atoms with E-state index in [-0.39, 0.29) is 6.04 Å². The van der Waals surface area contributed by atoms with Gasteiger partial charge in [-0.1, -0.05) is 17.9 Å². The Kier molecular flexibility index (Phi) is 3.47. The van der Waals surface area contributed by atoms with Crippen LogP contribution in [-0.2, 0) is 0 Å². The number of nitrogens with one attached hydrogen (secondary N) is 1. The van der Waals surface area contributed by atoms with Crippen LogP contribution >= 0.6 is 11.0 Å². The first-order valence-corrected chi connectivity index (χ1v) is 8.18. The highest BCUT2D eigenvalue weighted by molar-refractivity contribution is 8.24. The maximum absolute atomic E-state index is 10.2. The molecule has 6 nitrogen and oxygen atoms in total. The number of nitriles is 1. The Balaban J connectivity index is 2.11. The lowest BCUT2D eigenvalue weighted by Gasteiger charge is -2.39.